The normalized spacial score (nSPS) is 18.9. The van der Waals surface area contributed by atoms with Crippen molar-refractivity contribution < 1.29 is 0 Å². The molecule has 1 aliphatic heterocycles. The van der Waals surface area contributed by atoms with Gasteiger partial charge in [0, 0.05) is 26.2 Å². The second-order valence-electron chi connectivity index (χ2n) is 4.74. The zero-order valence-electron chi connectivity index (χ0n) is 10.8. The molecule has 0 radical (unpaired) electrons. The molecule has 0 aromatic heterocycles. The zero-order chi connectivity index (χ0) is 11.9. The topological polar surface area (TPSA) is 29.3 Å². The van der Waals surface area contributed by atoms with Crippen molar-refractivity contribution in [2.24, 2.45) is 11.7 Å². The van der Waals surface area contributed by atoms with E-state index in [4.69, 9.17) is 5.73 Å². The molecule has 102 valence electrons. The maximum absolute atomic E-state index is 5.71. The highest BCUT2D eigenvalue weighted by Gasteiger charge is 2.18. The van der Waals surface area contributed by atoms with Gasteiger partial charge in [0.1, 0.15) is 0 Å². The molecule has 2 N–H and O–H groups in total. The van der Waals surface area contributed by atoms with Crippen LogP contribution in [0.15, 0.2) is 30.3 Å². The van der Waals surface area contributed by atoms with Crippen LogP contribution in [0.2, 0.25) is 0 Å². The first-order chi connectivity index (χ1) is 8.38. The van der Waals surface area contributed by atoms with E-state index in [1.807, 2.05) is 0 Å². The monoisotopic (exact) mass is 286 g/mol. The summed E-state index contributed by atoms with van der Waals surface area (Å²) >= 11 is 2.09. The van der Waals surface area contributed by atoms with Crippen LogP contribution in [0, 0.1) is 5.92 Å². The van der Waals surface area contributed by atoms with Crippen LogP contribution in [0.3, 0.4) is 0 Å². The summed E-state index contributed by atoms with van der Waals surface area (Å²) in [5, 5.41) is 0. The fourth-order valence-electron chi connectivity index (χ4n) is 2.35. The average molecular weight is 287 g/mol. The highest BCUT2D eigenvalue weighted by atomic mass is 35.5. The van der Waals surface area contributed by atoms with Gasteiger partial charge in [-0.05, 0) is 29.4 Å². The minimum Gasteiger partial charge on any atom is -0.329 e. The van der Waals surface area contributed by atoms with Gasteiger partial charge >= 0.3 is 0 Å². The van der Waals surface area contributed by atoms with E-state index in [1.54, 1.807) is 0 Å². The summed E-state index contributed by atoms with van der Waals surface area (Å²) in [6.07, 6.45) is 1.38. The number of hydrogen-bond donors (Lipinski definition) is 1. The number of thioether (sulfide) groups is 1. The van der Waals surface area contributed by atoms with Gasteiger partial charge in [0.15, 0.2) is 0 Å². The molecule has 1 atom stereocenters. The van der Waals surface area contributed by atoms with Gasteiger partial charge in [-0.1, -0.05) is 30.3 Å². The fourth-order valence-corrected chi connectivity index (χ4v) is 3.62. The lowest BCUT2D eigenvalue weighted by molar-refractivity contribution is 0.237. The van der Waals surface area contributed by atoms with Crippen molar-refractivity contribution in [3.05, 3.63) is 35.9 Å². The number of benzene rings is 1. The van der Waals surface area contributed by atoms with Gasteiger partial charge in [-0.15, -0.1) is 12.4 Å². The van der Waals surface area contributed by atoms with E-state index in [1.165, 1.54) is 30.0 Å². The standard InChI is InChI=1S/C14H22N2S.ClH/c15-7-8-16(11-14-6-9-17-12-14)10-13-4-2-1-3-5-13;/h1-5,14H,6-12,15H2;1H. The Morgan fingerprint density at radius 2 is 2.06 bits per heavy atom. The van der Waals surface area contributed by atoms with Crippen LogP contribution in [0.4, 0.5) is 0 Å². The molecule has 0 aliphatic carbocycles. The van der Waals surface area contributed by atoms with Gasteiger partial charge < -0.3 is 5.73 Å². The van der Waals surface area contributed by atoms with E-state index in [-0.39, 0.29) is 12.4 Å². The van der Waals surface area contributed by atoms with E-state index in [9.17, 15) is 0 Å². The van der Waals surface area contributed by atoms with Gasteiger partial charge in [0.25, 0.3) is 0 Å². The Bertz CT molecular complexity index is 315. The minimum absolute atomic E-state index is 0. The third-order valence-electron chi connectivity index (χ3n) is 3.23. The predicted octanol–water partition coefficient (Wildman–Crippen LogP) is 2.62. The first kappa shape index (κ1) is 15.8. The zero-order valence-corrected chi connectivity index (χ0v) is 12.4. The summed E-state index contributed by atoms with van der Waals surface area (Å²) < 4.78 is 0. The molecule has 1 aromatic rings. The van der Waals surface area contributed by atoms with Crippen LogP contribution in [0.5, 0.6) is 0 Å². The van der Waals surface area contributed by atoms with Gasteiger partial charge in [-0.2, -0.15) is 11.8 Å². The first-order valence-electron chi connectivity index (χ1n) is 6.42. The molecule has 2 rings (SSSR count). The van der Waals surface area contributed by atoms with Crippen molar-refractivity contribution in [1.82, 2.24) is 4.90 Å². The Morgan fingerprint density at radius 3 is 2.67 bits per heavy atom. The van der Waals surface area contributed by atoms with Crippen LogP contribution in [-0.2, 0) is 6.54 Å². The SMILES string of the molecule is Cl.NCCN(Cc1ccccc1)CC1CCSC1. The Balaban J connectivity index is 0.00000162. The highest BCUT2D eigenvalue weighted by molar-refractivity contribution is 7.99. The molecule has 1 unspecified atom stereocenters. The summed E-state index contributed by atoms with van der Waals surface area (Å²) in [5.74, 6) is 3.54. The molecule has 18 heavy (non-hydrogen) atoms. The summed E-state index contributed by atoms with van der Waals surface area (Å²) in [7, 11) is 0. The Hall–Kier alpha value is -0.220. The average Bonchev–Trinajstić information content (AvgIpc) is 2.83. The van der Waals surface area contributed by atoms with Crippen LogP contribution >= 0.6 is 24.2 Å². The molecular formula is C14H23ClN2S. The van der Waals surface area contributed by atoms with Crippen molar-refractivity contribution in [2.75, 3.05) is 31.1 Å². The van der Waals surface area contributed by atoms with Crippen LogP contribution in [0.25, 0.3) is 0 Å². The first-order valence-corrected chi connectivity index (χ1v) is 7.58. The van der Waals surface area contributed by atoms with E-state index in [0.29, 0.717) is 0 Å². The minimum atomic E-state index is 0. The van der Waals surface area contributed by atoms with Crippen LogP contribution in [0.1, 0.15) is 12.0 Å². The molecule has 4 heteroatoms. The third-order valence-corrected chi connectivity index (χ3v) is 4.47. The molecule has 0 bridgehead atoms. The summed E-state index contributed by atoms with van der Waals surface area (Å²) in [5.41, 5.74) is 7.11. The maximum atomic E-state index is 5.71. The van der Waals surface area contributed by atoms with Crippen molar-refractivity contribution in [3.8, 4) is 0 Å². The Labute approximate surface area is 121 Å². The predicted molar refractivity (Wildman–Crippen MR) is 83.5 cm³/mol. The van der Waals surface area contributed by atoms with Gasteiger partial charge in [-0.25, -0.2) is 0 Å². The molecule has 1 aromatic carbocycles. The van der Waals surface area contributed by atoms with Gasteiger partial charge in [0.05, 0.1) is 0 Å². The molecule has 1 saturated heterocycles. The molecular weight excluding hydrogens is 264 g/mol. The Morgan fingerprint density at radius 1 is 1.28 bits per heavy atom. The summed E-state index contributed by atoms with van der Waals surface area (Å²) in [6.45, 7) is 4.01. The maximum Gasteiger partial charge on any atom is 0.0234 e. The fraction of sp³-hybridized carbons (Fsp3) is 0.571. The number of hydrogen-bond acceptors (Lipinski definition) is 3. The molecule has 2 nitrogen and oxygen atoms in total. The van der Waals surface area contributed by atoms with Gasteiger partial charge in [0.2, 0.25) is 0 Å². The van der Waals surface area contributed by atoms with Gasteiger partial charge in [-0.3, -0.25) is 4.90 Å². The quantitative estimate of drug-likeness (QED) is 0.872. The second kappa shape index (κ2) is 8.81. The van der Waals surface area contributed by atoms with E-state index in [0.717, 1.165) is 25.6 Å². The third kappa shape index (κ3) is 5.19. The van der Waals surface area contributed by atoms with E-state index >= 15 is 0 Å². The van der Waals surface area contributed by atoms with Crippen molar-refractivity contribution >= 4 is 24.2 Å². The highest BCUT2D eigenvalue weighted by Crippen LogP contribution is 2.24. The van der Waals surface area contributed by atoms with Crippen molar-refractivity contribution in [1.29, 1.82) is 0 Å². The summed E-state index contributed by atoms with van der Waals surface area (Å²) in [6, 6.07) is 10.7. The molecule has 0 amide bonds. The number of halogens is 1. The lowest BCUT2D eigenvalue weighted by atomic mass is 10.1. The van der Waals surface area contributed by atoms with E-state index < -0.39 is 0 Å². The van der Waals surface area contributed by atoms with Crippen LogP contribution < -0.4 is 5.73 Å². The molecule has 0 saturated carbocycles. The van der Waals surface area contributed by atoms with Crippen molar-refractivity contribution in [2.45, 2.75) is 13.0 Å². The largest absolute Gasteiger partial charge is 0.329 e. The number of nitrogens with zero attached hydrogens (tertiary/aromatic N) is 1. The number of nitrogens with two attached hydrogens (primary N) is 1. The number of rotatable bonds is 6. The summed E-state index contributed by atoms with van der Waals surface area (Å²) in [4.78, 5) is 2.51. The van der Waals surface area contributed by atoms with Crippen LogP contribution in [-0.4, -0.2) is 36.0 Å². The molecule has 1 aliphatic rings. The van der Waals surface area contributed by atoms with Crippen molar-refractivity contribution in [3.63, 3.8) is 0 Å². The Kier molecular flexibility index (Phi) is 7.75. The smallest absolute Gasteiger partial charge is 0.0234 e. The molecule has 0 spiro atoms. The molecule has 1 fully saturated rings. The lowest BCUT2D eigenvalue weighted by Crippen LogP contribution is -2.33. The lowest BCUT2D eigenvalue weighted by Gasteiger charge is -2.24. The molecule has 1 heterocycles. The second-order valence-corrected chi connectivity index (χ2v) is 5.89. The van der Waals surface area contributed by atoms with E-state index in [2.05, 4.69) is 47.0 Å².